The fourth-order valence-electron chi connectivity index (χ4n) is 4.46. The van der Waals surface area contributed by atoms with Gasteiger partial charge in [-0.15, -0.1) is 0 Å². The third-order valence-corrected chi connectivity index (χ3v) is 6.26. The van der Waals surface area contributed by atoms with E-state index in [1.807, 2.05) is 29.8 Å². The first-order valence-electron chi connectivity index (χ1n) is 11.2. The highest BCUT2D eigenvalue weighted by Gasteiger charge is 2.25. The summed E-state index contributed by atoms with van der Waals surface area (Å²) < 4.78 is 7.87. The van der Waals surface area contributed by atoms with Gasteiger partial charge in [-0.2, -0.15) is 5.10 Å². The monoisotopic (exact) mass is 414 g/mol. The van der Waals surface area contributed by atoms with Gasteiger partial charge in [0, 0.05) is 18.3 Å². The van der Waals surface area contributed by atoms with E-state index in [2.05, 4.69) is 33.8 Å². The van der Waals surface area contributed by atoms with Crippen molar-refractivity contribution in [3.63, 3.8) is 0 Å². The Labute approximate surface area is 180 Å². The Balaban J connectivity index is 1.52. The zero-order chi connectivity index (χ0) is 20.8. The summed E-state index contributed by atoms with van der Waals surface area (Å²) in [5.74, 6) is 2.45. The number of pyridine rings is 1. The first-order valence-corrected chi connectivity index (χ1v) is 11.2. The van der Waals surface area contributed by atoms with Gasteiger partial charge in [0.2, 0.25) is 5.95 Å². The number of hydrogen-bond donors (Lipinski definition) is 2. The Morgan fingerprint density at radius 2 is 1.84 bits per heavy atom. The lowest BCUT2D eigenvalue weighted by Crippen LogP contribution is -2.16. The fraction of sp³-hybridized carbons (Fsp3) is 0.375. The van der Waals surface area contributed by atoms with Crippen molar-refractivity contribution in [1.82, 2.24) is 19.6 Å². The highest BCUT2D eigenvalue weighted by Crippen LogP contribution is 2.38. The van der Waals surface area contributed by atoms with Crippen LogP contribution < -0.4 is 10.6 Å². The molecule has 158 valence electrons. The second-order valence-electron chi connectivity index (χ2n) is 8.67. The van der Waals surface area contributed by atoms with Crippen LogP contribution in [-0.2, 0) is 0 Å². The summed E-state index contributed by atoms with van der Waals surface area (Å²) in [7, 11) is 0. The quantitative estimate of drug-likeness (QED) is 0.446. The van der Waals surface area contributed by atoms with Gasteiger partial charge in [0.1, 0.15) is 11.5 Å². The Morgan fingerprint density at radius 3 is 2.61 bits per heavy atom. The molecule has 2 aliphatic rings. The molecular formula is C24H26N6O. The third-order valence-electron chi connectivity index (χ3n) is 6.26. The van der Waals surface area contributed by atoms with E-state index in [4.69, 9.17) is 14.5 Å². The summed E-state index contributed by atoms with van der Waals surface area (Å²) in [5.41, 5.74) is 4.68. The first-order chi connectivity index (χ1) is 15.3. The lowest BCUT2D eigenvalue weighted by atomic mass is 10.1. The summed E-state index contributed by atoms with van der Waals surface area (Å²) in [6.07, 6.45) is 10.9. The average Bonchev–Trinajstić information content (AvgIpc) is 3.16. The minimum atomic E-state index is 0.494. The summed E-state index contributed by atoms with van der Waals surface area (Å²) in [5, 5.41) is 12.1. The van der Waals surface area contributed by atoms with Crippen molar-refractivity contribution in [2.75, 3.05) is 10.6 Å². The van der Waals surface area contributed by atoms with E-state index in [0.717, 1.165) is 39.6 Å². The number of nitrogens with zero attached hydrogens (tertiary/aromatic N) is 4. The third kappa shape index (κ3) is 3.44. The van der Waals surface area contributed by atoms with E-state index < -0.39 is 0 Å². The van der Waals surface area contributed by atoms with Gasteiger partial charge in [0.15, 0.2) is 5.76 Å². The van der Waals surface area contributed by atoms with Crippen LogP contribution in [0.2, 0.25) is 0 Å². The Kier molecular flexibility index (Phi) is 4.40. The second-order valence-corrected chi connectivity index (χ2v) is 8.67. The van der Waals surface area contributed by atoms with Crippen molar-refractivity contribution in [2.24, 2.45) is 0 Å². The van der Waals surface area contributed by atoms with Gasteiger partial charge in [-0.3, -0.25) is 0 Å². The van der Waals surface area contributed by atoms with Gasteiger partial charge in [0.25, 0.3) is 0 Å². The minimum absolute atomic E-state index is 0.494. The van der Waals surface area contributed by atoms with Crippen molar-refractivity contribution >= 4 is 17.3 Å². The van der Waals surface area contributed by atoms with Gasteiger partial charge in [0.05, 0.1) is 23.0 Å². The van der Waals surface area contributed by atoms with Crippen LogP contribution in [-0.4, -0.2) is 31.7 Å². The molecule has 0 aromatic carbocycles. The normalized spacial score (nSPS) is 16.8. The van der Waals surface area contributed by atoms with Crippen LogP contribution in [0.1, 0.15) is 44.1 Å². The number of rotatable bonds is 6. The molecule has 0 radical (unpaired) electrons. The van der Waals surface area contributed by atoms with Gasteiger partial charge < -0.3 is 15.1 Å². The molecule has 0 atom stereocenters. The molecular weight excluding hydrogens is 388 g/mol. The number of hydrogen-bond acceptors (Lipinski definition) is 6. The topological polar surface area (TPSA) is 80.3 Å². The summed E-state index contributed by atoms with van der Waals surface area (Å²) in [6.45, 7) is 2.05. The van der Waals surface area contributed by atoms with E-state index in [1.165, 1.54) is 38.5 Å². The Morgan fingerprint density at radius 1 is 1.00 bits per heavy atom. The van der Waals surface area contributed by atoms with Crippen molar-refractivity contribution in [3.05, 3.63) is 48.4 Å². The molecule has 2 fully saturated rings. The van der Waals surface area contributed by atoms with Crippen molar-refractivity contribution < 1.29 is 4.42 Å². The number of nitrogens with one attached hydrogen (secondary N) is 2. The maximum atomic E-state index is 5.86. The van der Waals surface area contributed by atoms with E-state index >= 15 is 0 Å². The summed E-state index contributed by atoms with van der Waals surface area (Å²) >= 11 is 0. The van der Waals surface area contributed by atoms with Gasteiger partial charge in [-0.25, -0.2) is 14.5 Å². The highest BCUT2D eigenvalue weighted by atomic mass is 16.3. The van der Waals surface area contributed by atoms with Crippen LogP contribution in [0.15, 0.2) is 47.2 Å². The molecule has 0 bridgehead atoms. The fourth-order valence-corrected chi connectivity index (χ4v) is 4.46. The van der Waals surface area contributed by atoms with Crippen LogP contribution in [0.25, 0.3) is 28.2 Å². The molecule has 7 nitrogen and oxygen atoms in total. The Bertz CT molecular complexity index is 1230. The molecule has 0 amide bonds. The molecule has 0 unspecified atom stereocenters. The van der Waals surface area contributed by atoms with Gasteiger partial charge in [-0.1, -0.05) is 18.9 Å². The lowest BCUT2D eigenvalue weighted by Gasteiger charge is -2.14. The second kappa shape index (κ2) is 7.41. The maximum absolute atomic E-state index is 5.86. The number of aromatic nitrogens is 4. The van der Waals surface area contributed by atoms with E-state index in [9.17, 15) is 0 Å². The lowest BCUT2D eigenvalue weighted by molar-refractivity contribution is 0.578. The molecule has 6 rings (SSSR count). The maximum Gasteiger partial charge on any atom is 0.223 e. The molecule has 0 saturated heterocycles. The summed E-state index contributed by atoms with van der Waals surface area (Å²) in [4.78, 5) is 9.26. The molecule has 2 N–H and O–H groups in total. The predicted octanol–water partition coefficient (Wildman–Crippen LogP) is 5.29. The standard InChI is InChI=1S/C24H26N6O/c1-15-12-14-31-23(15)22-21(18-11-13-25-24(28-18)27-17-9-10-17)19-7-4-8-20(30(19)29-22)26-16-5-2-3-6-16/h4,7-8,11-14,16-17,26H,2-3,5-6,9-10H2,1H3,(H,25,27,28). The molecule has 31 heavy (non-hydrogen) atoms. The van der Waals surface area contributed by atoms with Crippen LogP contribution in [0.5, 0.6) is 0 Å². The van der Waals surface area contributed by atoms with Crippen molar-refractivity contribution in [2.45, 2.75) is 57.5 Å². The minimum Gasteiger partial charge on any atom is -0.462 e. The van der Waals surface area contributed by atoms with Crippen LogP contribution in [0, 0.1) is 6.92 Å². The molecule has 0 aliphatic heterocycles. The SMILES string of the molecule is Cc1ccoc1-c1nn2c(NC3CCCC3)cccc2c1-c1ccnc(NC2CC2)n1. The van der Waals surface area contributed by atoms with Gasteiger partial charge in [-0.05, 0) is 62.4 Å². The molecule has 4 aromatic rings. The van der Waals surface area contributed by atoms with Crippen LogP contribution in [0.4, 0.5) is 11.8 Å². The molecule has 0 spiro atoms. The number of anilines is 2. The molecule has 4 aromatic heterocycles. The molecule has 2 saturated carbocycles. The smallest absolute Gasteiger partial charge is 0.223 e. The number of aryl methyl sites for hydroxylation is 1. The average molecular weight is 415 g/mol. The van der Waals surface area contributed by atoms with E-state index in [-0.39, 0.29) is 0 Å². The first kappa shape index (κ1) is 18.4. The number of fused-ring (bicyclic) bond motifs is 1. The molecule has 2 aliphatic carbocycles. The van der Waals surface area contributed by atoms with E-state index in [1.54, 1.807) is 6.26 Å². The predicted molar refractivity (Wildman–Crippen MR) is 121 cm³/mol. The van der Waals surface area contributed by atoms with Gasteiger partial charge >= 0.3 is 0 Å². The van der Waals surface area contributed by atoms with Crippen molar-refractivity contribution in [1.29, 1.82) is 0 Å². The van der Waals surface area contributed by atoms with Crippen LogP contribution >= 0.6 is 0 Å². The largest absolute Gasteiger partial charge is 0.462 e. The van der Waals surface area contributed by atoms with Crippen molar-refractivity contribution in [3.8, 4) is 22.7 Å². The molecule has 4 heterocycles. The Hall–Kier alpha value is -3.35. The zero-order valence-corrected chi connectivity index (χ0v) is 17.6. The van der Waals surface area contributed by atoms with Crippen LogP contribution in [0.3, 0.4) is 0 Å². The molecule has 7 heteroatoms. The van der Waals surface area contributed by atoms with E-state index in [0.29, 0.717) is 18.0 Å². The summed E-state index contributed by atoms with van der Waals surface area (Å²) in [6, 6.07) is 11.2. The highest BCUT2D eigenvalue weighted by molar-refractivity contribution is 5.91. The number of furan rings is 1. The zero-order valence-electron chi connectivity index (χ0n) is 17.6.